The summed E-state index contributed by atoms with van der Waals surface area (Å²) in [5.41, 5.74) is -3.14. The average molecular weight is 410 g/mol. The van der Waals surface area contributed by atoms with E-state index in [1.165, 1.54) is 43.5 Å². The Labute approximate surface area is 164 Å². The Hall–Kier alpha value is -2.65. The van der Waals surface area contributed by atoms with Gasteiger partial charge in [0.05, 0.1) is 13.2 Å². The van der Waals surface area contributed by atoms with Crippen molar-refractivity contribution in [1.29, 1.82) is 0 Å². The van der Waals surface area contributed by atoms with Crippen LogP contribution in [0.1, 0.15) is 22.0 Å². The maximum atomic E-state index is 13.9. The Morgan fingerprint density at radius 2 is 1.75 bits per heavy atom. The first kappa shape index (κ1) is 20.1. The molecule has 0 bridgehead atoms. The van der Waals surface area contributed by atoms with Crippen molar-refractivity contribution in [3.8, 4) is 5.75 Å². The van der Waals surface area contributed by atoms with Gasteiger partial charge in [-0.05, 0) is 29.9 Å². The molecule has 0 radical (unpaired) electrons. The standard InChI is InChI=1S/C19H17F3N2O3S/c1-27-13-9-7-11(8-10-13)15-14(16(25)12-5-3-2-4-6-12)18(26,19(20,21)22)24-17(28)23-15/h2-10,14-15,26H,1H3,(H2,23,24,28)/t14-,15+,18-/m1/s1. The van der Waals surface area contributed by atoms with Crippen molar-refractivity contribution in [3.05, 3.63) is 65.7 Å². The van der Waals surface area contributed by atoms with Crippen LogP contribution in [0.3, 0.4) is 0 Å². The molecule has 2 aromatic carbocycles. The number of hydrogen-bond donors (Lipinski definition) is 3. The van der Waals surface area contributed by atoms with Crippen molar-refractivity contribution in [2.45, 2.75) is 17.9 Å². The molecule has 3 rings (SSSR count). The van der Waals surface area contributed by atoms with Gasteiger partial charge in [-0.15, -0.1) is 0 Å². The van der Waals surface area contributed by atoms with Gasteiger partial charge in [0.15, 0.2) is 10.9 Å². The van der Waals surface area contributed by atoms with Gasteiger partial charge in [-0.2, -0.15) is 13.2 Å². The predicted molar refractivity (Wildman–Crippen MR) is 99.9 cm³/mol. The van der Waals surface area contributed by atoms with E-state index in [9.17, 15) is 23.1 Å². The Balaban J connectivity index is 2.13. The first-order chi connectivity index (χ1) is 13.2. The molecular formula is C19H17F3N2O3S. The van der Waals surface area contributed by atoms with Crippen LogP contribution in [-0.2, 0) is 0 Å². The van der Waals surface area contributed by atoms with Crippen LogP contribution < -0.4 is 15.4 Å². The zero-order chi connectivity index (χ0) is 20.5. The molecule has 1 saturated heterocycles. The molecule has 1 aliphatic rings. The third kappa shape index (κ3) is 3.55. The molecule has 5 nitrogen and oxygen atoms in total. The van der Waals surface area contributed by atoms with E-state index < -0.39 is 34.8 Å². The van der Waals surface area contributed by atoms with Gasteiger partial charge in [0, 0.05) is 5.56 Å². The zero-order valence-corrected chi connectivity index (χ0v) is 15.5. The number of alkyl halides is 3. The fraction of sp³-hybridized carbons (Fsp3) is 0.263. The third-order valence-corrected chi connectivity index (χ3v) is 4.84. The Kier molecular flexibility index (Phi) is 5.31. The number of carbonyl (C=O) groups is 1. The number of ketones is 1. The summed E-state index contributed by atoms with van der Waals surface area (Å²) in [7, 11) is 1.46. The zero-order valence-electron chi connectivity index (χ0n) is 14.7. The number of benzene rings is 2. The van der Waals surface area contributed by atoms with E-state index in [1.54, 1.807) is 18.2 Å². The number of nitrogens with one attached hydrogen (secondary N) is 2. The Morgan fingerprint density at radius 1 is 1.14 bits per heavy atom. The summed E-state index contributed by atoms with van der Waals surface area (Å²) in [6.45, 7) is 0. The van der Waals surface area contributed by atoms with Crippen molar-refractivity contribution in [1.82, 2.24) is 10.6 Å². The second-order valence-corrected chi connectivity index (χ2v) is 6.73. The third-order valence-electron chi connectivity index (χ3n) is 4.62. The number of methoxy groups -OCH3 is 1. The predicted octanol–water partition coefficient (Wildman–Crippen LogP) is 2.96. The van der Waals surface area contributed by atoms with Crippen LogP contribution in [0.4, 0.5) is 13.2 Å². The highest BCUT2D eigenvalue weighted by atomic mass is 32.1. The largest absolute Gasteiger partial charge is 0.497 e. The fourth-order valence-electron chi connectivity index (χ4n) is 3.21. The SMILES string of the molecule is COc1ccc([C@@H]2NC(=S)N[C@](O)(C(F)(F)F)[C@H]2C(=O)c2ccccc2)cc1. The van der Waals surface area contributed by atoms with Crippen molar-refractivity contribution in [2.75, 3.05) is 7.11 Å². The molecule has 148 valence electrons. The number of thiocarbonyl (C=S) groups is 1. The second-order valence-electron chi connectivity index (χ2n) is 6.32. The molecule has 0 unspecified atom stereocenters. The van der Waals surface area contributed by atoms with Gasteiger partial charge in [0.1, 0.15) is 11.7 Å². The van der Waals surface area contributed by atoms with E-state index in [1.807, 2.05) is 5.32 Å². The van der Waals surface area contributed by atoms with E-state index >= 15 is 0 Å². The van der Waals surface area contributed by atoms with Gasteiger partial charge >= 0.3 is 6.18 Å². The summed E-state index contributed by atoms with van der Waals surface area (Å²) in [4.78, 5) is 13.1. The topological polar surface area (TPSA) is 70.6 Å². The highest BCUT2D eigenvalue weighted by molar-refractivity contribution is 7.80. The summed E-state index contributed by atoms with van der Waals surface area (Å²) in [5, 5.41) is 14.7. The molecule has 1 aliphatic heterocycles. The summed E-state index contributed by atoms with van der Waals surface area (Å²) >= 11 is 4.89. The molecule has 28 heavy (non-hydrogen) atoms. The lowest BCUT2D eigenvalue weighted by atomic mass is 9.77. The lowest BCUT2D eigenvalue weighted by molar-refractivity contribution is -0.285. The van der Waals surface area contributed by atoms with Gasteiger partial charge < -0.3 is 20.5 Å². The number of carbonyl (C=O) groups excluding carboxylic acids is 1. The number of hydrogen-bond acceptors (Lipinski definition) is 4. The van der Waals surface area contributed by atoms with Crippen molar-refractivity contribution in [2.24, 2.45) is 5.92 Å². The molecule has 0 aromatic heterocycles. The van der Waals surface area contributed by atoms with Crippen molar-refractivity contribution < 1.29 is 27.8 Å². The highest BCUT2D eigenvalue weighted by Gasteiger charge is 2.65. The lowest BCUT2D eigenvalue weighted by Gasteiger charge is -2.46. The van der Waals surface area contributed by atoms with Crippen molar-refractivity contribution in [3.63, 3.8) is 0 Å². The average Bonchev–Trinajstić information content (AvgIpc) is 2.67. The fourth-order valence-corrected chi connectivity index (χ4v) is 3.49. The maximum Gasteiger partial charge on any atom is 0.437 e. The minimum Gasteiger partial charge on any atom is -0.497 e. The number of ether oxygens (including phenoxy) is 1. The van der Waals surface area contributed by atoms with Gasteiger partial charge in [-0.3, -0.25) is 4.79 Å². The summed E-state index contributed by atoms with van der Waals surface area (Å²) in [6, 6.07) is 12.5. The molecule has 9 heteroatoms. The molecule has 2 aromatic rings. The Morgan fingerprint density at radius 3 is 2.29 bits per heavy atom. The van der Waals surface area contributed by atoms with E-state index in [0.717, 1.165) is 0 Å². The van der Waals surface area contributed by atoms with Crippen LogP contribution in [0.5, 0.6) is 5.75 Å². The second kappa shape index (κ2) is 7.40. The van der Waals surface area contributed by atoms with E-state index in [-0.39, 0.29) is 5.56 Å². The van der Waals surface area contributed by atoms with Crippen LogP contribution in [0, 0.1) is 5.92 Å². The molecule has 1 fully saturated rings. The molecule has 0 amide bonds. The molecule has 0 spiro atoms. The monoisotopic (exact) mass is 410 g/mol. The van der Waals surface area contributed by atoms with Crippen molar-refractivity contribution >= 4 is 23.1 Å². The van der Waals surface area contributed by atoms with Crippen LogP contribution in [-0.4, -0.2) is 35.0 Å². The number of rotatable bonds is 4. The first-order valence-corrected chi connectivity index (χ1v) is 8.69. The van der Waals surface area contributed by atoms with Gasteiger partial charge in [0.2, 0.25) is 5.72 Å². The summed E-state index contributed by atoms with van der Waals surface area (Å²) in [5.74, 6) is -2.30. The lowest BCUT2D eigenvalue weighted by Crippen LogP contribution is -2.72. The van der Waals surface area contributed by atoms with Crippen LogP contribution in [0.2, 0.25) is 0 Å². The van der Waals surface area contributed by atoms with Crippen LogP contribution in [0.15, 0.2) is 54.6 Å². The smallest absolute Gasteiger partial charge is 0.437 e. The summed E-state index contributed by atoms with van der Waals surface area (Å²) < 4.78 is 46.6. The van der Waals surface area contributed by atoms with Gasteiger partial charge in [0.25, 0.3) is 0 Å². The first-order valence-electron chi connectivity index (χ1n) is 8.28. The Bertz CT molecular complexity index is 874. The van der Waals surface area contributed by atoms with Crippen LogP contribution in [0.25, 0.3) is 0 Å². The number of Topliss-reactive ketones (excluding diaryl/α,β-unsaturated/α-hetero) is 1. The maximum absolute atomic E-state index is 13.9. The van der Waals surface area contributed by atoms with E-state index in [0.29, 0.717) is 11.3 Å². The van der Waals surface area contributed by atoms with E-state index in [4.69, 9.17) is 17.0 Å². The molecule has 1 heterocycles. The quantitative estimate of drug-likeness (QED) is 0.532. The molecule has 0 saturated carbocycles. The van der Waals surface area contributed by atoms with E-state index in [2.05, 4.69) is 5.32 Å². The minimum absolute atomic E-state index is 0.0464. The molecule has 3 N–H and O–H groups in total. The number of aliphatic hydroxyl groups is 1. The minimum atomic E-state index is -5.15. The van der Waals surface area contributed by atoms with Gasteiger partial charge in [-0.1, -0.05) is 42.5 Å². The van der Waals surface area contributed by atoms with Gasteiger partial charge in [-0.25, -0.2) is 0 Å². The summed E-state index contributed by atoms with van der Waals surface area (Å²) in [6.07, 6.45) is -5.15. The molecule has 3 atom stereocenters. The molecule has 0 aliphatic carbocycles. The normalized spacial score (nSPS) is 24.8. The highest BCUT2D eigenvalue weighted by Crippen LogP contribution is 2.44. The molecular weight excluding hydrogens is 393 g/mol. The van der Waals surface area contributed by atoms with Crippen LogP contribution >= 0.6 is 12.2 Å². The number of halogens is 3.